The second kappa shape index (κ2) is 8.56. The van der Waals surface area contributed by atoms with Crippen LogP contribution in [0.2, 0.25) is 0 Å². The third kappa shape index (κ3) is 4.87. The minimum absolute atomic E-state index is 0.168. The average molecular weight is 414 g/mol. The van der Waals surface area contributed by atoms with Gasteiger partial charge in [0.15, 0.2) is 0 Å². The summed E-state index contributed by atoms with van der Waals surface area (Å²) >= 11 is 0. The van der Waals surface area contributed by atoms with Crippen molar-refractivity contribution in [1.29, 1.82) is 0 Å². The summed E-state index contributed by atoms with van der Waals surface area (Å²) in [6, 6.07) is 21.3. The highest BCUT2D eigenvalue weighted by Crippen LogP contribution is 2.29. The first kappa shape index (κ1) is 20.5. The van der Waals surface area contributed by atoms with Crippen molar-refractivity contribution in [1.82, 2.24) is 5.32 Å². The van der Waals surface area contributed by atoms with E-state index in [1.807, 2.05) is 12.1 Å². The van der Waals surface area contributed by atoms with E-state index in [-0.39, 0.29) is 17.8 Å². The molecule has 3 aromatic rings. The zero-order valence-electron chi connectivity index (χ0n) is 16.8. The Morgan fingerprint density at radius 3 is 2.63 bits per heavy atom. The number of alkyl halides is 3. The van der Waals surface area contributed by atoms with Crippen LogP contribution in [0.5, 0.6) is 5.75 Å². The molecule has 4 rings (SSSR count). The molecule has 6 heteroatoms. The summed E-state index contributed by atoms with van der Waals surface area (Å²) in [5, 5.41) is 6.19. The Morgan fingerprint density at radius 1 is 1.03 bits per heavy atom. The van der Waals surface area contributed by atoms with E-state index in [9.17, 15) is 13.2 Å². The van der Waals surface area contributed by atoms with Crippen LogP contribution in [0.25, 0.3) is 10.8 Å². The van der Waals surface area contributed by atoms with Crippen molar-refractivity contribution in [3.8, 4) is 5.75 Å². The largest absolute Gasteiger partial charge is 0.573 e. The van der Waals surface area contributed by atoms with E-state index in [1.165, 1.54) is 28.5 Å². The molecule has 3 nitrogen and oxygen atoms in total. The van der Waals surface area contributed by atoms with Gasteiger partial charge in [0.25, 0.3) is 0 Å². The summed E-state index contributed by atoms with van der Waals surface area (Å²) in [6.45, 7) is 3.72. The van der Waals surface area contributed by atoms with Crippen LogP contribution >= 0.6 is 0 Å². The third-order valence-electron chi connectivity index (χ3n) is 5.61. The molecule has 1 aliphatic rings. The van der Waals surface area contributed by atoms with Gasteiger partial charge in [-0.3, -0.25) is 0 Å². The summed E-state index contributed by atoms with van der Waals surface area (Å²) in [5.74, 6) is -0.181. The van der Waals surface area contributed by atoms with Crippen LogP contribution in [-0.4, -0.2) is 25.5 Å². The highest BCUT2D eigenvalue weighted by atomic mass is 19.4. The predicted octanol–water partition coefficient (Wildman–Crippen LogP) is 6.06. The van der Waals surface area contributed by atoms with E-state index in [4.69, 9.17) is 0 Å². The molecule has 1 aliphatic heterocycles. The van der Waals surface area contributed by atoms with Gasteiger partial charge in [0.1, 0.15) is 5.75 Å². The predicted molar refractivity (Wildman–Crippen MR) is 114 cm³/mol. The number of benzene rings is 3. The fraction of sp³-hybridized carbons (Fsp3) is 0.333. The van der Waals surface area contributed by atoms with Gasteiger partial charge >= 0.3 is 6.36 Å². The maximum atomic E-state index is 12.5. The molecule has 1 saturated heterocycles. The molecular formula is C24H25F3N2O. The number of nitrogens with one attached hydrogen (secondary N) is 1. The smallest absolute Gasteiger partial charge is 0.406 e. The van der Waals surface area contributed by atoms with Crippen LogP contribution in [0, 0.1) is 0 Å². The Labute approximate surface area is 174 Å². The van der Waals surface area contributed by atoms with Crippen LogP contribution in [0.4, 0.5) is 18.9 Å². The SMILES string of the molecule is C[C@@H](NC1CCCN(c2cccc(OC(F)(F)F)c2)C1)c1cccc2ccccc12. The third-order valence-corrected chi connectivity index (χ3v) is 5.61. The highest BCUT2D eigenvalue weighted by molar-refractivity contribution is 5.86. The van der Waals surface area contributed by atoms with Crippen LogP contribution in [0.15, 0.2) is 66.7 Å². The summed E-state index contributed by atoms with van der Waals surface area (Å²) < 4.78 is 41.7. The van der Waals surface area contributed by atoms with Crippen molar-refractivity contribution in [2.45, 2.75) is 38.2 Å². The normalized spacial score (nSPS) is 18.4. The average Bonchev–Trinajstić information content (AvgIpc) is 2.72. The zero-order valence-corrected chi connectivity index (χ0v) is 16.8. The lowest BCUT2D eigenvalue weighted by Crippen LogP contribution is -2.46. The molecule has 0 aliphatic carbocycles. The molecule has 3 aromatic carbocycles. The molecule has 1 N–H and O–H groups in total. The molecule has 158 valence electrons. The number of piperidine rings is 1. The summed E-state index contributed by atoms with van der Waals surface area (Å²) in [5.41, 5.74) is 2.01. The minimum atomic E-state index is -4.68. The molecule has 2 atom stereocenters. The van der Waals surface area contributed by atoms with Crippen molar-refractivity contribution in [2.75, 3.05) is 18.0 Å². The van der Waals surface area contributed by atoms with Gasteiger partial charge in [-0.1, -0.05) is 48.5 Å². The quantitative estimate of drug-likeness (QED) is 0.549. The van der Waals surface area contributed by atoms with Gasteiger partial charge in [-0.05, 0) is 48.2 Å². The van der Waals surface area contributed by atoms with Gasteiger partial charge in [0.05, 0.1) is 0 Å². The van der Waals surface area contributed by atoms with Crippen LogP contribution < -0.4 is 15.0 Å². The topological polar surface area (TPSA) is 24.5 Å². The van der Waals surface area contributed by atoms with Crippen molar-refractivity contribution in [3.63, 3.8) is 0 Å². The van der Waals surface area contributed by atoms with Crippen LogP contribution in [0.3, 0.4) is 0 Å². The maximum Gasteiger partial charge on any atom is 0.573 e. The van der Waals surface area contributed by atoms with Crippen molar-refractivity contribution in [2.24, 2.45) is 0 Å². The molecule has 0 radical (unpaired) electrons. The molecule has 0 spiro atoms. The van der Waals surface area contributed by atoms with E-state index in [0.29, 0.717) is 0 Å². The Bertz CT molecular complexity index is 1000. The minimum Gasteiger partial charge on any atom is -0.406 e. The standard InChI is InChI=1S/C24H25F3N2O/c1-17(22-13-4-8-18-7-2-3-12-23(18)22)28-19-9-6-14-29(16-19)20-10-5-11-21(15-20)30-24(25,26)27/h2-5,7-8,10-13,15,17,19,28H,6,9,14,16H2,1H3/t17-,19?/m1/s1. The molecule has 0 amide bonds. The van der Waals surface area contributed by atoms with E-state index in [2.05, 4.69) is 58.3 Å². The van der Waals surface area contributed by atoms with Crippen molar-refractivity contribution >= 4 is 16.5 Å². The maximum absolute atomic E-state index is 12.5. The molecule has 1 fully saturated rings. The molecule has 0 aromatic heterocycles. The van der Waals surface area contributed by atoms with E-state index in [0.717, 1.165) is 31.6 Å². The monoisotopic (exact) mass is 414 g/mol. The van der Waals surface area contributed by atoms with Gasteiger partial charge in [-0.2, -0.15) is 0 Å². The fourth-order valence-electron chi connectivity index (χ4n) is 4.30. The van der Waals surface area contributed by atoms with E-state index in [1.54, 1.807) is 6.07 Å². The Balaban J connectivity index is 1.46. The van der Waals surface area contributed by atoms with Gasteiger partial charge in [-0.25, -0.2) is 0 Å². The Hall–Kier alpha value is -2.73. The Kier molecular flexibility index (Phi) is 5.86. The second-order valence-corrected chi connectivity index (χ2v) is 7.79. The number of rotatable bonds is 5. The lowest BCUT2D eigenvalue weighted by Gasteiger charge is -2.36. The van der Waals surface area contributed by atoms with Crippen molar-refractivity contribution < 1.29 is 17.9 Å². The molecule has 0 bridgehead atoms. The molecule has 0 saturated carbocycles. The van der Waals surface area contributed by atoms with Gasteiger partial charge in [0.2, 0.25) is 0 Å². The van der Waals surface area contributed by atoms with Crippen molar-refractivity contribution in [3.05, 3.63) is 72.3 Å². The molecule has 1 unspecified atom stereocenters. The number of hydrogen-bond acceptors (Lipinski definition) is 3. The Morgan fingerprint density at radius 2 is 1.80 bits per heavy atom. The molecule has 30 heavy (non-hydrogen) atoms. The number of halogens is 3. The fourth-order valence-corrected chi connectivity index (χ4v) is 4.30. The van der Waals surface area contributed by atoms with Gasteiger partial charge in [-0.15, -0.1) is 13.2 Å². The second-order valence-electron chi connectivity index (χ2n) is 7.79. The van der Waals surface area contributed by atoms with E-state index < -0.39 is 6.36 Å². The summed E-state index contributed by atoms with van der Waals surface area (Å²) in [4.78, 5) is 2.13. The van der Waals surface area contributed by atoms with E-state index >= 15 is 0 Å². The number of anilines is 1. The molecule has 1 heterocycles. The van der Waals surface area contributed by atoms with Crippen LogP contribution in [-0.2, 0) is 0 Å². The number of ether oxygens (including phenoxy) is 1. The zero-order chi connectivity index (χ0) is 21.1. The highest BCUT2D eigenvalue weighted by Gasteiger charge is 2.31. The van der Waals surface area contributed by atoms with Gasteiger partial charge in [0, 0.05) is 36.9 Å². The summed E-state index contributed by atoms with van der Waals surface area (Å²) in [7, 11) is 0. The lowest BCUT2D eigenvalue weighted by molar-refractivity contribution is -0.274. The lowest BCUT2D eigenvalue weighted by atomic mass is 9.97. The first-order chi connectivity index (χ1) is 14.4. The molecular weight excluding hydrogens is 389 g/mol. The van der Waals surface area contributed by atoms with Gasteiger partial charge < -0.3 is 15.0 Å². The number of hydrogen-bond donors (Lipinski definition) is 1. The number of fused-ring (bicyclic) bond motifs is 1. The summed E-state index contributed by atoms with van der Waals surface area (Å²) in [6.07, 6.45) is -2.67. The van der Waals surface area contributed by atoms with Crippen LogP contribution in [0.1, 0.15) is 31.4 Å². The first-order valence-corrected chi connectivity index (χ1v) is 10.2. The number of nitrogens with zero attached hydrogens (tertiary/aromatic N) is 1. The first-order valence-electron chi connectivity index (χ1n) is 10.2.